The summed E-state index contributed by atoms with van der Waals surface area (Å²) in [5.41, 5.74) is 1.09. The summed E-state index contributed by atoms with van der Waals surface area (Å²) in [5.74, 6) is 1.29. The first-order valence-electron chi connectivity index (χ1n) is 7.75. The molecule has 0 aliphatic heterocycles. The summed E-state index contributed by atoms with van der Waals surface area (Å²) >= 11 is 0. The average Bonchev–Trinajstić information content (AvgIpc) is 2.37. The van der Waals surface area contributed by atoms with Crippen LogP contribution in [0.5, 0.6) is 5.75 Å². The summed E-state index contributed by atoms with van der Waals surface area (Å²) in [6, 6.07) is 7.68. The van der Waals surface area contributed by atoms with E-state index < -0.39 is 7.82 Å². The van der Waals surface area contributed by atoms with Crippen LogP contribution in [-0.4, -0.2) is 19.8 Å². The number of phenolic OH excluding ortho intramolecular Hbond substituents is 1. The third-order valence-electron chi connectivity index (χ3n) is 3.22. The number of benzene rings is 1. The molecule has 128 valence electrons. The van der Waals surface area contributed by atoms with Crippen molar-refractivity contribution in [3.63, 3.8) is 0 Å². The van der Waals surface area contributed by atoms with Gasteiger partial charge in [0.25, 0.3) is 0 Å². The van der Waals surface area contributed by atoms with Gasteiger partial charge in [-0.1, -0.05) is 64.2 Å². The molecule has 0 spiro atoms. The second-order valence-electron chi connectivity index (χ2n) is 5.84. The van der Waals surface area contributed by atoms with Gasteiger partial charge < -0.3 is 19.8 Å². The number of phenols is 1. The molecule has 5 nitrogen and oxygen atoms in total. The highest BCUT2D eigenvalue weighted by Gasteiger charge is 2.00. The first-order valence-corrected chi connectivity index (χ1v) is 9.32. The van der Waals surface area contributed by atoms with E-state index in [1.807, 2.05) is 18.2 Å². The average molecular weight is 332 g/mol. The standard InChI is InChI=1S/C16H26O.H3O4P/c1-14(2)10-6-4-3-5-7-11-15-12-8-9-13-16(15)17;1-5(2,3)4/h8-9,12-14,17H,3-7,10-11H2,1-2H3;(H3,1,2,3,4). The molecule has 0 saturated heterocycles. The predicted molar refractivity (Wildman–Crippen MR) is 88.6 cm³/mol. The first-order chi connectivity index (χ1) is 10.2. The van der Waals surface area contributed by atoms with Crippen LogP contribution in [-0.2, 0) is 11.0 Å². The van der Waals surface area contributed by atoms with E-state index in [1.165, 1.54) is 38.5 Å². The summed E-state index contributed by atoms with van der Waals surface area (Å²) in [6.45, 7) is 4.58. The van der Waals surface area contributed by atoms with E-state index in [2.05, 4.69) is 13.8 Å². The zero-order chi connectivity index (χ0) is 17.0. The van der Waals surface area contributed by atoms with Gasteiger partial charge in [-0.15, -0.1) is 0 Å². The van der Waals surface area contributed by atoms with Crippen molar-refractivity contribution in [2.24, 2.45) is 5.92 Å². The summed E-state index contributed by atoms with van der Waals surface area (Å²) in [6.07, 6.45) is 8.91. The van der Waals surface area contributed by atoms with E-state index in [0.29, 0.717) is 5.75 Å². The van der Waals surface area contributed by atoms with Gasteiger partial charge >= 0.3 is 7.82 Å². The number of hydrogen-bond acceptors (Lipinski definition) is 2. The Bertz CT molecular complexity index is 434. The third-order valence-corrected chi connectivity index (χ3v) is 3.22. The van der Waals surface area contributed by atoms with E-state index in [9.17, 15) is 5.11 Å². The molecular weight excluding hydrogens is 303 g/mol. The van der Waals surface area contributed by atoms with Gasteiger partial charge in [-0.25, -0.2) is 4.57 Å². The number of rotatable bonds is 8. The minimum absolute atomic E-state index is 0.451. The van der Waals surface area contributed by atoms with Crippen LogP contribution in [0, 0.1) is 5.92 Å². The van der Waals surface area contributed by atoms with Crippen molar-refractivity contribution in [3.05, 3.63) is 29.8 Å². The fourth-order valence-electron chi connectivity index (χ4n) is 2.12. The minimum Gasteiger partial charge on any atom is -0.508 e. The largest absolute Gasteiger partial charge is 0.508 e. The lowest BCUT2D eigenvalue weighted by Crippen LogP contribution is -1.89. The molecule has 0 radical (unpaired) electrons. The molecule has 1 aromatic rings. The van der Waals surface area contributed by atoms with E-state index in [1.54, 1.807) is 6.07 Å². The van der Waals surface area contributed by atoms with Crippen LogP contribution in [0.3, 0.4) is 0 Å². The molecule has 6 heteroatoms. The molecular formula is C16H29O5P. The van der Waals surface area contributed by atoms with Gasteiger partial charge in [-0.05, 0) is 30.4 Å². The minimum atomic E-state index is -4.64. The molecule has 0 heterocycles. The van der Waals surface area contributed by atoms with E-state index in [-0.39, 0.29) is 0 Å². The second-order valence-corrected chi connectivity index (χ2v) is 6.87. The molecule has 0 saturated carbocycles. The van der Waals surface area contributed by atoms with Crippen molar-refractivity contribution >= 4 is 7.82 Å². The molecule has 0 bridgehead atoms. The van der Waals surface area contributed by atoms with Crippen LogP contribution in [0.2, 0.25) is 0 Å². The quantitative estimate of drug-likeness (QED) is 0.426. The number of phosphoric acid groups is 1. The molecule has 0 amide bonds. The van der Waals surface area contributed by atoms with E-state index in [4.69, 9.17) is 19.2 Å². The Labute approximate surface area is 133 Å². The molecule has 0 aliphatic carbocycles. The fourth-order valence-corrected chi connectivity index (χ4v) is 2.12. The van der Waals surface area contributed by atoms with Crippen molar-refractivity contribution in [1.82, 2.24) is 0 Å². The summed E-state index contributed by atoms with van der Waals surface area (Å²) in [5, 5.41) is 9.61. The van der Waals surface area contributed by atoms with Gasteiger partial charge in [0.2, 0.25) is 0 Å². The number of para-hydroxylation sites is 1. The van der Waals surface area contributed by atoms with Gasteiger partial charge in [0, 0.05) is 0 Å². The van der Waals surface area contributed by atoms with Gasteiger partial charge in [0.1, 0.15) is 5.75 Å². The smallest absolute Gasteiger partial charge is 0.466 e. The summed E-state index contributed by atoms with van der Waals surface area (Å²) in [4.78, 5) is 21.6. The van der Waals surface area contributed by atoms with E-state index >= 15 is 0 Å². The topological polar surface area (TPSA) is 98.0 Å². The van der Waals surface area contributed by atoms with Crippen LogP contribution in [0.15, 0.2) is 24.3 Å². The Balaban J connectivity index is 0.000000763. The van der Waals surface area contributed by atoms with Crippen molar-refractivity contribution in [2.75, 3.05) is 0 Å². The monoisotopic (exact) mass is 332 g/mol. The molecule has 1 aromatic carbocycles. The highest BCUT2D eigenvalue weighted by atomic mass is 31.2. The Morgan fingerprint density at radius 2 is 1.45 bits per heavy atom. The lowest BCUT2D eigenvalue weighted by molar-refractivity contribution is 0.275. The molecule has 0 aliphatic rings. The number of aryl methyl sites for hydroxylation is 1. The van der Waals surface area contributed by atoms with Crippen molar-refractivity contribution in [1.29, 1.82) is 0 Å². The Morgan fingerprint density at radius 3 is 2.00 bits per heavy atom. The molecule has 0 atom stereocenters. The molecule has 0 unspecified atom stereocenters. The summed E-state index contributed by atoms with van der Waals surface area (Å²) in [7, 11) is -4.64. The lowest BCUT2D eigenvalue weighted by Gasteiger charge is -2.05. The maximum absolute atomic E-state index is 9.61. The normalized spacial score (nSPS) is 11.2. The number of aromatic hydroxyl groups is 1. The third kappa shape index (κ3) is 15.5. The van der Waals surface area contributed by atoms with Gasteiger partial charge in [-0.3, -0.25) is 0 Å². The summed E-state index contributed by atoms with van der Waals surface area (Å²) < 4.78 is 8.88. The van der Waals surface area contributed by atoms with Crippen LogP contribution < -0.4 is 0 Å². The first kappa shape index (κ1) is 21.1. The zero-order valence-electron chi connectivity index (χ0n) is 13.5. The molecule has 0 aromatic heterocycles. The molecule has 0 fully saturated rings. The van der Waals surface area contributed by atoms with Crippen LogP contribution in [0.1, 0.15) is 57.9 Å². The zero-order valence-corrected chi connectivity index (χ0v) is 14.4. The number of unbranched alkanes of at least 4 members (excludes halogenated alkanes) is 4. The Kier molecular flexibility index (Phi) is 11.2. The second kappa shape index (κ2) is 11.7. The van der Waals surface area contributed by atoms with Gasteiger partial charge in [-0.2, -0.15) is 0 Å². The van der Waals surface area contributed by atoms with Crippen LogP contribution >= 0.6 is 7.82 Å². The van der Waals surface area contributed by atoms with Gasteiger partial charge in [0.15, 0.2) is 0 Å². The molecule has 4 N–H and O–H groups in total. The van der Waals surface area contributed by atoms with Crippen LogP contribution in [0.25, 0.3) is 0 Å². The van der Waals surface area contributed by atoms with Crippen LogP contribution in [0.4, 0.5) is 0 Å². The molecule has 1 rings (SSSR count). The maximum Gasteiger partial charge on any atom is 0.466 e. The SMILES string of the molecule is CC(C)CCCCCCCc1ccccc1O.O=P(O)(O)O. The van der Waals surface area contributed by atoms with Crippen molar-refractivity contribution in [3.8, 4) is 5.75 Å². The van der Waals surface area contributed by atoms with E-state index in [0.717, 1.165) is 17.9 Å². The van der Waals surface area contributed by atoms with Crippen molar-refractivity contribution in [2.45, 2.75) is 58.8 Å². The molecule has 22 heavy (non-hydrogen) atoms. The Morgan fingerprint density at radius 1 is 0.955 bits per heavy atom. The highest BCUT2D eigenvalue weighted by molar-refractivity contribution is 7.45. The highest BCUT2D eigenvalue weighted by Crippen LogP contribution is 2.25. The maximum atomic E-state index is 9.61. The van der Waals surface area contributed by atoms with Crippen molar-refractivity contribution < 1.29 is 24.4 Å². The predicted octanol–water partition coefficient (Wildman–Crippen LogP) is 4.00. The fraction of sp³-hybridized carbons (Fsp3) is 0.625. The lowest BCUT2D eigenvalue weighted by atomic mass is 10.0. The van der Waals surface area contributed by atoms with Gasteiger partial charge in [0.05, 0.1) is 0 Å². The number of hydrogen-bond donors (Lipinski definition) is 4. The Hall–Kier alpha value is -0.870.